The Morgan fingerprint density at radius 3 is 2.33 bits per heavy atom. The third-order valence-corrected chi connectivity index (χ3v) is 4.29. The number of rotatable bonds is 3. The predicted octanol–water partition coefficient (Wildman–Crippen LogP) is 5.80. The Morgan fingerprint density at radius 1 is 1.04 bits per heavy atom. The number of ether oxygens (including phenoxy) is 1. The number of hydrogen-bond donors (Lipinski definition) is 0. The molecule has 0 N–H and O–H groups in total. The Labute approximate surface area is 147 Å². The van der Waals surface area contributed by atoms with E-state index in [-0.39, 0.29) is 16.7 Å². The first kappa shape index (κ1) is 17.2. The van der Waals surface area contributed by atoms with Crippen LogP contribution in [0.2, 0.25) is 10.0 Å². The van der Waals surface area contributed by atoms with Gasteiger partial charge in [0, 0.05) is 25.0 Å². The van der Waals surface area contributed by atoms with Crippen molar-refractivity contribution in [1.29, 1.82) is 0 Å². The Hall–Kier alpha value is -1.66. The van der Waals surface area contributed by atoms with Crippen LogP contribution in [0.25, 0.3) is 0 Å². The zero-order valence-electron chi connectivity index (χ0n) is 12.4. The van der Waals surface area contributed by atoms with Gasteiger partial charge in [0.2, 0.25) is 5.88 Å². The number of aromatic nitrogens is 1. The minimum atomic E-state index is -4.51. The lowest BCUT2D eigenvalue weighted by molar-refractivity contribution is -0.137. The van der Waals surface area contributed by atoms with E-state index in [1.807, 2.05) is 6.07 Å². The first-order chi connectivity index (χ1) is 11.3. The van der Waals surface area contributed by atoms with Gasteiger partial charge >= 0.3 is 6.18 Å². The minimum absolute atomic E-state index is 0.125. The van der Waals surface area contributed by atoms with E-state index in [0.717, 1.165) is 37.7 Å². The van der Waals surface area contributed by atoms with Crippen LogP contribution in [0.5, 0.6) is 11.6 Å². The molecule has 1 aliphatic rings. The molecular formula is C16H13Cl2F3N2O. The molecule has 1 aliphatic heterocycles. The lowest BCUT2D eigenvalue weighted by atomic mass is 10.2. The van der Waals surface area contributed by atoms with E-state index in [9.17, 15) is 13.2 Å². The highest BCUT2D eigenvalue weighted by Gasteiger charge is 2.31. The zero-order valence-corrected chi connectivity index (χ0v) is 13.9. The molecule has 0 radical (unpaired) electrons. The molecule has 3 rings (SSSR count). The summed E-state index contributed by atoms with van der Waals surface area (Å²) in [5.41, 5.74) is 0.0478. The van der Waals surface area contributed by atoms with Crippen LogP contribution < -0.4 is 9.64 Å². The first-order valence-corrected chi connectivity index (χ1v) is 8.05. The second-order valence-corrected chi connectivity index (χ2v) is 6.23. The number of hydrogen-bond acceptors (Lipinski definition) is 3. The number of alkyl halides is 3. The van der Waals surface area contributed by atoms with Gasteiger partial charge in [-0.15, -0.1) is 0 Å². The van der Waals surface area contributed by atoms with Crippen molar-refractivity contribution in [2.24, 2.45) is 0 Å². The summed E-state index contributed by atoms with van der Waals surface area (Å²) in [5.74, 6) is 0.161. The molecule has 0 saturated carbocycles. The molecule has 1 aromatic carbocycles. The standard InChI is InChI=1S/C16H13Cl2F3N2O/c17-12-8-11(23-5-1-2-6-23)3-4-14(12)24-15-13(18)7-10(9-22-15)16(19,20)21/h3-4,7-9H,1-2,5-6H2. The van der Waals surface area contributed by atoms with Gasteiger partial charge in [-0.2, -0.15) is 13.2 Å². The average molecular weight is 377 g/mol. The fourth-order valence-corrected chi connectivity index (χ4v) is 2.92. The summed E-state index contributed by atoms with van der Waals surface area (Å²) in [6, 6.07) is 6.05. The molecule has 0 amide bonds. The van der Waals surface area contributed by atoms with Crippen molar-refractivity contribution in [3.8, 4) is 11.6 Å². The summed E-state index contributed by atoms with van der Waals surface area (Å²) in [6.07, 6.45) is -1.56. The van der Waals surface area contributed by atoms with Crippen LogP contribution in [0.15, 0.2) is 30.5 Å². The summed E-state index contributed by atoms with van der Waals surface area (Å²) in [5, 5.41) is 0.113. The molecule has 2 aromatic rings. The van der Waals surface area contributed by atoms with Crippen LogP contribution in [-0.4, -0.2) is 18.1 Å². The summed E-state index contributed by atoms with van der Waals surface area (Å²) >= 11 is 12.0. The molecule has 128 valence electrons. The maximum Gasteiger partial charge on any atom is 0.417 e. The van der Waals surface area contributed by atoms with Crippen molar-refractivity contribution in [2.75, 3.05) is 18.0 Å². The van der Waals surface area contributed by atoms with Crippen molar-refractivity contribution in [3.63, 3.8) is 0 Å². The highest BCUT2D eigenvalue weighted by molar-refractivity contribution is 6.33. The molecule has 24 heavy (non-hydrogen) atoms. The highest BCUT2D eigenvalue weighted by Crippen LogP contribution is 2.37. The third kappa shape index (κ3) is 3.70. The summed E-state index contributed by atoms with van der Waals surface area (Å²) in [6.45, 7) is 1.95. The van der Waals surface area contributed by atoms with Crippen LogP contribution in [0.3, 0.4) is 0 Å². The molecule has 2 heterocycles. The fraction of sp³-hybridized carbons (Fsp3) is 0.312. The minimum Gasteiger partial charge on any atom is -0.436 e. The van der Waals surface area contributed by atoms with Gasteiger partial charge in [0.25, 0.3) is 0 Å². The normalized spacial score (nSPS) is 15.0. The van der Waals surface area contributed by atoms with Crippen molar-refractivity contribution in [1.82, 2.24) is 4.98 Å². The predicted molar refractivity (Wildman–Crippen MR) is 87.2 cm³/mol. The monoisotopic (exact) mass is 376 g/mol. The van der Waals surface area contributed by atoms with Gasteiger partial charge < -0.3 is 9.64 Å². The molecule has 0 unspecified atom stereocenters. The zero-order chi connectivity index (χ0) is 17.3. The molecule has 0 atom stereocenters. The summed E-state index contributed by atoms with van der Waals surface area (Å²) in [7, 11) is 0. The largest absolute Gasteiger partial charge is 0.436 e. The Balaban J connectivity index is 1.81. The second kappa shape index (κ2) is 6.69. The van der Waals surface area contributed by atoms with E-state index >= 15 is 0 Å². The highest BCUT2D eigenvalue weighted by atomic mass is 35.5. The Kier molecular flexibility index (Phi) is 4.78. The Morgan fingerprint density at radius 2 is 1.75 bits per heavy atom. The van der Waals surface area contributed by atoms with Gasteiger partial charge in [-0.1, -0.05) is 23.2 Å². The number of anilines is 1. The molecular weight excluding hydrogens is 364 g/mol. The first-order valence-electron chi connectivity index (χ1n) is 7.30. The van der Waals surface area contributed by atoms with Gasteiger partial charge in [-0.05, 0) is 37.1 Å². The van der Waals surface area contributed by atoms with Crippen molar-refractivity contribution in [3.05, 3.63) is 46.1 Å². The van der Waals surface area contributed by atoms with E-state index in [1.165, 1.54) is 0 Å². The molecule has 1 saturated heterocycles. The lowest BCUT2D eigenvalue weighted by Crippen LogP contribution is -2.17. The van der Waals surface area contributed by atoms with Crippen LogP contribution in [-0.2, 0) is 6.18 Å². The maximum absolute atomic E-state index is 12.6. The van der Waals surface area contributed by atoms with E-state index in [0.29, 0.717) is 11.2 Å². The Bertz CT molecular complexity index is 747. The summed E-state index contributed by atoms with van der Waals surface area (Å²) in [4.78, 5) is 5.85. The molecule has 3 nitrogen and oxygen atoms in total. The van der Waals surface area contributed by atoms with E-state index in [1.54, 1.807) is 12.1 Å². The van der Waals surface area contributed by atoms with Gasteiger partial charge in [0.15, 0.2) is 0 Å². The molecule has 8 heteroatoms. The van der Waals surface area contributed by atoms with Crippen molar-refractivity contribution >= 4 is 28.9 Å². The topological polar surface area (TPSA) is 25.4 Å². The fourth-order valence-electron chi connectivity index (χ4n) is 2.50. The van der Waals surface area contributed by atoms with Crippen LogP contribution in [0.4, 0.5) is 18.9 Å². The van der Waals surface area contributed by atoms with Crippen LogP contribution >= 0.6 is 23.2 Å². The van der Waals surface area contributed by atoms with Crippen LogP contribution in [0, 0.1) is 0 Å². The van der Waals surface area contributed by atoms with Crippen LogP contribution in [0.1, 0.15) is 18.4 Å². The maximum atomic E-state index is 12.6. The summed E-state index contributed by atoms with van der Waals surface area (Å²) < 4.78 is 43.3. The number of benzene rings is 1. The SMILES string of the molecule is FC(F)(F)c1cnc(Oc2ccc(N3CCCC3)cc2Cl)c(Cl)c1. The van der Waals surface area contributed by atoms with Gasteiger partial charge in [-0.3, -0.25) is 0 Å². The molecule has 0 bridgehead atoms. The van der Waals surface area contributed by atoms with E-state index in [4.69, 9.17) is 27.9 Å². The van der Waals surface area contributed by atoms with Crippen molar-refractivity contribution in [2.45, 2.75) is 19.0 Å². The van der Waals surface area contributed by atoms with Gasteiger partial charge in [0.05, 0.1) is 10.6 Å². The van der Waals surface area contributed by atoms with Gasteiger partial charge in [0.1, 0.15) is 10.8 Å². The van der Waals surface area contributed by atoms with Crippen molar-refractivity contribution < 1.29 is 17.9 Å². The third-order valence-electron chi connectivity index (χ3n) is 3.73. The number of halogens is 5. The molecule has 0 spiro atoms. The average Bonchev–Trinajstić information content (AvgIpc) is 3.04. The van der Waals surface area contributed by atoms with Gasteiger partial charge in [-0.25, -0.2) is 4.98 Å². The molecule has 1 aromatic heterocycles. The molecule has 0 aliphatic carbocycles. The molecule has 1 fully saturated rings. The lowest BCUT2D eigenvalue weighted by Gasteiger charge is -2.18. The van der Waals surface area contributed by atoms with E-state index < -0.39 is 11.7 Å². The number of nitrogens with zero attached hydrogens (tertiary/aromatic N) is 2. The quantitative estimate of drug-likeness (QED) is 0.676. The second-order valence-electron chi connectivity index (χ2n) is 5.42. The number of pyridine rings is 1. The smallest absolute Gasteiger partial charge is 0.417 e. The van der Waals surface area contributed by atoms with E-state index in [2.05, 4.69) is 9.88 Å².